The Bertz CT molecular complexity index is 460. The summed E-state index contributed by atoms with van der Waals surface area (Å²) in [5, 5.41) is 3.54. The highest BCUT2D eigenvalue weighted by molar-refractivity contribution is 6.24. The zero-order valence-corrected chi connectivity index (χ0v) is 8.03. The van der Waals surface area contributed by atoms with E-state index in [1.165, 1.54) is 12.1 Å². The summed E-state index contributed by atoms with van der Waals surface area (Å²) in [4.78, 5) is 15.7. The number of rotatable bonds is 1. The maximum Gasteiger partial charge on any atom is 0.367 e. The number of hydrogen-bond acceptors (Lipinski definition) is 3. The van der Waals surface area contributed by atoms with E-state index >= 15 is 0 Å². The molecule has 1 aliphatic rings. The summed E-state index contributed by atoms with van der Waals surface area (Å²) in [5.41, 5.74) is 1.67. The third-order valence-corrected chi connectivity index (χ3v) is 2.06. The first kappa shape index (κ1) is 9.58. The maximum absolute atomic E-state index is 12.6. The van der Waals surface area contributed by atoms with Crippen LogP contribution in [0.1, 0.15) is 12.5 Å². The van der Waals surface area contributed by atoms with Crippen molar-refractivity contribution in [1.29, 1.82) is 0 Å². The van der Waals surface area contributed by atoms with E-state index in [0.717, 1.165) is 5.56 Å². The van der Waals surface area contributed by atoms with Crippen LogP contribution in [0.25, 0.3) is 6.08 Å². The Labute approximate surface area is 85.9 Å². The number of oxime groups is 1. The lowest BCUT2D eigenvalue weighted by molar-refractivity contribution is -0.136. The molecule has 1 aromatic rings. The van der Waals surface area contributed by atoms with Crippen molar-refractivity contribution in [3.63, 3.8) is 0 Å². The third-order valence-electron chi connectivity index (χ3n) is 2.06. The van der Waals surface area contributed by atoms with Crippen LogP contribution in [0.3, 0.4) is 0 Å². The number of carbonyl (C=O) groups excluding carboxylic acids is 1. The SMILES string of the molecule is CC1=NOC(=O)/C1=C\c1ccc(F)cc1. The van der Waals surface area contributed by atoms with Crippen LogP contribution in [0.4, 0.5) is 4.39 Å². The molecule has 2 rings (SSSR count). The number of halogens is 1. The molecule has 3 nitrogen and oxygen atoms in total. The molecule has 0 radical (unpaired) electrons. The molecule has 1 aromatic carbocycles. The second-order valence-corrected chi connectivity index (χ2v) is 3.17. The van der Waals surface area contributed by atoms with E-state index in [9.17, 15) is 9.18 Å². The Morgan fingerprint density at radius 3 is 2.53 bits per heavy atom. The molecule has 0 unspecified atom stereocenters. The van der Waals surface area contributed by atoms with Crippen molar-refractivity contribution in [3.05, 3.63) is 41.2 Å². The molecule has 0 fully saturated rings. The largest absolute Gasteiger partial charge is 0.367 e. The molecule has 0 spiro atoms. The Morgan fingerprint density at radius 2 is 2.00 bits per heavy atom. The molecule has 0 aliphatic carbocycles. The van der Waals surface area contributed by atoms with Crippen molar-refractivity contribution in [3.8, 4) is 0 Å². The fourth-order valence-electron chi connectivity index (χ4n) is 1.25. The lowest BCUT2D eigenvalue weighted by atomic mass is 10.1. The summed E-state index contributed by atoms with van der Waals surface area (Å²) >= 11 is 0. The summed E-state index contributed by atoms with van der Waals surface area (Å²) in [6.45, 7) is 1.68. The Kier molecular flexibility index (Phi) is 2.33. The summed E-state index contributed by atoms with van der Waals surface area (Å²) in [6.07, 6.45) is 1.62. The molecule has 0 atom stereocenters. The van der Waals surface area contributed by atoms with Crippen LogP contribution in [0, 0.1) is 5.82 Å². The molecular formula is C11H8FNO2. The van der Waals surface area contributed by atoms with E-state index in [0.29, 0.717) is 11.3 Å². The van der Waals surface area contributed by atoms with Crippen LogP contribution in [0.2, 0.25) is 0 Å². The van der Waals surface area contributed by atoms with Gasteiger partial charge in [0.25, 0.3) is 0 Å². The lowest BCUT2D eigenvalue weighted by Crippen LogP contribution is -2.01. The van der Waals surface area contributed by atoms with Gasteiger partial charge >= 0.3 is 5.97 Å². The second kappa shape index (κ2) is 3.65. The zero-order valence-electron chi connectivity index (χ0n) is 8.03. The average molecular weight is 205 g/mol. The number of hydrogen-bond donors (Lipinski definition) is 0. The van der Waals surface area contributed by atoms with Crippen LogP contribution in [0.15, 0.2) is 35.0 Å². The topological polar surface area (TPSA) is 38.7 Å². The van der Waals surface area contributed by atoms with E-state index in [1.54, 1.807) is 25.1 Å². The average Bonchev–Trinajstić information content (AvgIpc) is 2.53. The summed E-state index contributed by atoms with van der Waals surface area (Å²) in [7, 11) is 0. The molecule has 0 N–H and O–H groups in total. The smallest absolute Gasteiger partial charge is 0.312 e. The predicted octanol–water partition coefficient (Wildman–Crippen LogP) is 2.14. The highest BCUT2D eigenvalue weighted by Crippen LogP contribution is 2.15. The Balaban J connectivity index is 2.34. The van der Waals surface area contributed by atoms with Crippen molar-refractivity contribution >= 4 is 17.8 Å². The van der Waals surface area contributed by atoms with Crippen LogP contribution >= 0.6 is 0 Å². The Hall–Kier alpha value is -1.97. The number of carbonyl (C=O) groups is 1. The fourth-order valence-corrected chi connectivity index (χ4v) is 1.25. The molecule has 0 saturated carbocycles. The van der Waals surface area contributed by atoms with Crippen molar-refractivity contribution in [2.75, 3.05) is 0 Å². The molecule has 0 amide bonds. The normalized spacial score (nSPS) is 17.9. The standard InChI is InChI=1S/C11H8FNO2/c1-7-10(11(14)15-13-7)6-8-2-4-9(12)5-3-8/h2-6H,1H3/b10-6-. The molecule has 1 heterocycles. The van der Waals surface area contributed by atoms with Crippen LogP contribution < -0.4 is 0 Å². The van der Waals surface area contributed by atoms with E-state index in [-0.39, 0.29) is 5.82 Å². The van der Waals surface area contributed by atoms with Gasteiger partial charge in [-0.1, -0.05) is 17.3 Å². The molecule has 0 bridgehead atoms. The third kappa shape index (κ3) is 1.93. The van der Waals surface area contributed by atoms with Crippen molar-refractivity contribution < 1.29 is 14.0 Å². The van der Waals surface area contributed by atoms with Gasteiger partial charge in [-0.25, -0.2) is 9.18 Å². The molecular weight excluding hydrogens is 197 g/mol. The van der Waals surface area contributed by atoms with Gasteiger partial charge < -0.3 is 4.84 Å². The predicted molar refractivity (Wildman–Crippen MR) is 53.6 cm³/mol. The first-order valence-corrected chi connectivity index (χ1v) is 4.40. The fraction of sp³-hybridized carbons (Fsp3) is 0.0909. The van der Waals surface area contributed by atoms with Gasteiger partial charge in [0.1, 0.15) is 5.82 Å². The van der Waals surface area contributed by atoms with E-state index in [4.69, 9.17) is 0 Å². The van der Waals surface area contributed by atoms with Gasteiger partial charge in [0.05, 0.1) is 11.3 Å². The minimum atomic E-state index is -0.475. The number of nitrogens with zero attached hydrogens (tertiary/aromatic N) is 1. The van der Waals surface area contributed by atoms with Gasteiger partial charge in [-0.3, -0.25) is 0 Å². The summed E-state index contributed by atoms with van der Waals surface area (Å²) in [5.74, 6) is -0.784. The molecule has 15 heavy (non-hydrogen) atoms. The quantitative estimate of drug-likeness (QED) is 0.520. The molecule has 1 aliphatic heterocycles. The lowest BCUT2D eigenvalue weighted by Gasteiger charge is -1.95. The van der Waals surface area contributed by atoms with Gasteiger partial charge in [0.15, 0.2) is 0 Å². The molecule has 76 valence electrons. The maximum atomic E-state index is 12.6. The van der Waals surface area contributed by atoms with Crippen molar-refractivity contribution in [1.82, 2.24) is 0 Å². The second-order valence-electron chi connectivity index (χ2n) is 3.17. The van der Waals surface area contributed by atoms with Gasteiger partial charge in [-0.05, 0) is 30.7 Å². The highest BCUT2D eigenvalue weighted by Gasteiger charge is 2.21. The van der Waals surface area contributed by atoms with Crippen molar-refractivity contribution in [2.24, 2.45) is 5.16 Å². The van der Waals surface area contributed by atoms with Gasteiger partial charge in [0, 0.05) is 0 Å². The van der Waals surface area contributed by atoms with Gasteiger partial charge in [-0.2, -0.15) is 0 Å². The van der Waals surface area contributed by atoms with Gasteiger partial charge in [0.2, 0.25) is 0 Å². The van der Waals surface area contributed by atoms with Crippen LogP contribution in [0.5, 0.6) is 0 Å². The zero-order chi connectivity index (χ0) is 10.8. The number of benzene rings is 1. The minimum Gasteiger partial charge on any atom is -0.312 e. The van der Waals surface area contributed by atoms with E-state index in [2.05, 4.69) is 9.99 Å². The Morgan fingerprint density at radius 1 is 1.33 bits per heavy atom. The molecule has 4 heteroatoms. The molecule has 0 aromatic heterocycles. The molecule has 0 saturated heterocycles. The van der Waals surface area contributed by atoms with Crippen LogP contribution in [-0.2, 0) is 9.63 Å². The van der Waals surface area contributed by atoms with Crippen molar-refractivity contribution in [2.45, 2.75) is 6.92 Å². The summed E-state index contributed by atoms with van der Waals surface area (Å²) < 4.78 is 12.6. The summed E-state index contributed by atoms with van der Waals surface area (Å²) in [6, 6.07) is 5.83. The van der Waals surface area contributed by atoms with Crippen LogP contribution in [-0.4, -0.2) is 11.7 Å². The van der Waals surface area contributed by atoms with E-state index < -0.39 is 5.97 Å². The first-order valence-electron chi connectivity index (χ1n) is 4.40. The highest BCUT2D eigenvalue weighted by atomic mass is 19.1. The van der Waals surface area contributed by atoms with E-state index in [1.807, 2.05) is 0 Å². The monoisotopic (exact) mass is 205 g/mol. The first-order chi connectivity index (χ1) is 7.16. The van der Waals surface area contributed by atoms with Gasteiger partial charge in [-0.15, -0.1) is 0 Å². The minimum absolute atomic E-state index is 0.309.